The van der Waals surface area contributed by atoms with E-state index in [-0.39, 0.29) is 5.24 Å². The van der Waals surface area contributed by atoms with Gasteiger partial charge in [-0.05, 0) is 37.5 Å². The summed E-state index contributed by atoms with van der Waals surface area (Å²) >= 11 is 3.70. The molecule has 3 nitrogen and oxygen atoms in total. The van der Waals surface area contributed by atoms with Gasteiger partial charge in [0, 0.05) is 0 Å². The highest BCUT2D eigenvalue weighted by molar-refractivity contribution is 7.96. The van der Waals surface area contributed by atoms with Gasteiger partial charge in [-0.3, -0.25) is 4.79 Å². The Morgan fingerprint density at radius 1 is 1.33 bits per heavy atom. The van der Waals surface area contributed by atoms with Crippen LogP contribution in [-0.4, -0.2) is 12.3 Å². The molecular weight excluding hydrogens is 210 g/mol. The third-order valence-electron chi connectivity index (χ3n) is 2.42. The fourth-order valence-electron chi connectivity index (χ4n) is 1.57. The van der Waals surface area contributed by atoms with Crippen molar-refractivity contribution in [2.45, 2.75) is 20.8 Å². The van der Waals surface area contributed by atoms with Crippen LogP contribution in [0.15, 0.2) is 6.07 Å². The van der Waals surface area contributed by atoms with Crippen LogP contribution in [0.2, 0.25) is 0 Å². The van der Waals surface area contributed by atoms with Gasteiger partial charge in [0.1, 0.15) is 5.75 Å². The first-order chi connectivity index (χ1) is 6.97. The van der Waals surface area contributed by atoms with E-state index in [4.69, 9.17) is 4.74 Å². The van der Waals surface area contributed by atoms with E-state index in [1.165, 1.54) is 0 Å². The number of ether oxygens (including phenoxy) is 1. The molecule has 1 aromatic carbocycles. The molecule has 0 aliphatic carbocycles. The van der Waals surface area contributed by atoms with Gasteiger partial charge in [-0.1, -0.05) is 18.7 Å². The molecule has 0 aliphatic heterocycles. The van der Waals surface area contributed by atoms with E-state index in [0.29, 0.717) is 11.4 Å². The Labute approximate surface area is 95.2 Å². The van der Waals surface area contributed by atoms with Crippen molar-refractivity contribution in [1.82, 2.24) is 0 Å². The Morgan fingerprint density at radius 3 is 2.40 bits per heavy atom. The van der Waals surface area contributed by atoms with Crippen molar-refractivity contribution in [3.63, 3.8) is 0 Å². The van der Waals surface area contributed by atoms with Crippen LogP contribution < -0.4 is 10.1 Å². The number of aryl methyl sites for hydroxylation is 2. The number of hydrogen-bond donors (Lipinski definition) is 2. The summed E-state index contributed by atoms with van der Waals surface area (Å²) in [6.07, 6.45) is 0. The maximum absolute atomic E-state index is 10.9. The van der Waals surface area contributed by atoms with E-state index < -0.39 is 0 Å². The van der Waals surface area contributed by atoms with Crippen LogP contribution in [0.25, 0.3) is 0 Å². The van der Waals surface area contributed by atoms with Crippen LogP contribution in [0, 0.1) is 20.8 Å². The lowest BCUT2D eigenvalue weighted by Gasteiger charge is -2.16. The van der Waals surface area contributed by atoms with Gasteiger partial charge in [0.15, 0.2) is 0 Å². The molecule has 1 N–H and O–H groups in total. The van der Waals surface area contributed by atoms with Crippen molar-refractivity contribution < 1.29 is 9.53 Å². The molecule has 0 aromatic heterocycles. The zero-order valence-electron chi connectivity index (χ0n) is 9.34. The van der Waals surface area contributed by atoms with E-state index in [9.17, 15) is 4.79 Å². The monoisotopic (exact) mass is 225 g/mol. The quantitative estimate of drug-likeness (QED) is 0.759. The number of methoxy groups -OCH3 is 1. The highest BCUT2D eigenvalue weighted by Crippen LogP contribution is 2.34. The summed E-state index contributed by atoms with van der Waals surface area (Å²) in [6, 6.07) is 2.01. The molecular formula is C11H15NO2S. The maximum Gasteiger partial charge on any atom is 0.280 e. The van der Waals surface area contributed by atoms with Gasteiger partial charge in [0.25, 0.3) is 5.24 Å². The van der Waals surface area contributed by atoms with Gasteiger partial charge in [0.05, 0.1) is 12.8 Å². The fraction of sp³-hybridized carbons (Fsp3) is 0.364. The van der Waals surface area contributed by atoms with Crippen LogP contribution in [-0.2, 0) is 0 Å². The van der Waals surface area contributed by atoms with Gasteiger partial charge in [-0.15, -0.1) is 0 Å². The lowest BCUT2D eigenvalue weighted by Crippen LogP contribution is -2.06. The lowest BCUT2D eigenvalue weighted by atomic mass is 10.0. The van der Waals surface area contributed by atoms with Crippen LogP contribution in [0.3, 0.4) is 0 Å². The summed E-state index contributed by atoms with van der Waals surface area (Å²) in [7, 11) is 1.59. The van der Waals surface area contributed by atoms with E-state index in [1.807, 2.05) is 26.8 Å². The van der Waals surface area contributed by atoms with Crippen LogP contribution in [0.1, 0.15) is 16.7 Å². The molecule has 0 unspecified atom stereocenters. The first-order valence-electron chi connectivity index (χ1n) is 4.62. The predicted octanol–water partition coefficient (Wildman–Crippen LogP) is 3.08. The third kappa shape index (κ3) is 2.45. The minimum atomic E-state index is -0.389. The summed E-state index contributed by atoms with van der Waals surface area (Å²) in [5, 5.41) is 2.27. The zero-order valence-corrected chi connectivity index (χ0v) is 10.2. The van der Waals surface area contributed by atoms with Gasteiger partial charge < -0.3 is 10.1 Å². The third-order valence-corrected chi connectivity index (χ3v) is 2.53. The smallest absolute Gasteiger partial charge is 0.280 e. The Balaban J connectivity index is 3.35. The van der Waals surface area contributed by atoms with Crippen molar-refractivity contribution in [2.75, 3.05) is 12.4 Å². The minimum absolute atomic E-state index is 0.389. The first kappa shape index (κ1) is 11.9. The zero-order chi connectivity index (χ0) is 11.6. The van der Waals surface area contributed by atoms with Crippen molar-refractivity contribution in [1.29, 1.82) is 0 Å². The highest BCUT2D eigenvalue weighted by Gasteiger charge is 2.13. The second kappa shape index (κ2) is 4.57. The molecule has 0 radical (unpaired) electrons. The molecule has 0 spiro atoms. The second-order valence-electron chi connectivity index (χ2n) is 3.47. The van der Waals surface area contributed by atoms with Crippen molar-refractivity contribution >= 4 is 23.6 Å². The van der Waals surface area contributed by atoms with E-state index in [2.05, 4.69) is 17.9 Å². The summed E-state index contributed by atoms with van der Waals surface area (Å²) < 4.78 is 5.29. The van der Waals surface area contributed by atoms with E-state index in [1.54, 1.807) is 7.11 Å². The average molecular weight is 225 g/mol. The number of benzene rings is 1. The molecule has 0 saturated carbocycles. The molecule has 1 rings (SSSR count). The number of rotatable bonds is 2. The number of thiol groups is 1. The van der Waals surface area contributed by atoms with E-state index >= 15 is 0 Å². The first-order valence-corrected chi connectivity index (χ1v) is 5.06. The van der Waals surface area contributed by atoms with Crippen molar-refractivity contribution in [3.8, 4) is 5.75 Å². The van der Waals surface area contributed by atoms with Gasteiger partial charge in [-0.2, -0.15) is 0 Å². The summed E-state index contributed by atoms with van der Waals surface area (Å²) in [4.78, 5) is 10.9. The Bertz CT molecular complexity index is 402. The predicted molar refractivity (Wildman–Crippen MR) is 65.2 cm³/mol. The number of anilines is 1. The van der Waals surface area contributed by atoms with Crippen molar-refractivity contribution in [3.05, 3.63) is 22.8 Å². The Morgan fingerprint density at radius 2 is 1.93 bits per heavy atom. The summed E-state index contributed by atoms with van der Waals surface area (Å²) in [6.45, 7) is 5.90. The fourth-order valence-corrected chi connectivity index (χ4v) is 1.68. The molecule has 15 heavy (non-hydrogen) atoms. The molecule has 0 fully saturated rings. The van der Waals surface area contributed by atoms with Crippen LogP contribution >= 0.6 is 12.6 Å². The molecule has 0 heterocycles. The molecule has 0 aliphatic rings. The van der Waals surface area contributed by atoms with Gasteiger partial charge in [0.2, 0.25) is 0 Å². The lowest BCUT2D eigenvalue weighted by molar-refractivity contribution is 0.270. The van der Waals surface area contributed by atoms with Crippen molar-refractivity contribution in [2.24, 2.45) is 0 Å². The van der Waals surface area contributed by atoms with E-state index in [0.717, 1.165) is 16.7 Å². The summed E-state index contributed by atoms with van der Waals surface area (Å²) in [5.74, 6) is 0.704. The molecule has 1 amide bonds. The highest BCUT2D eigenvalue weighted by atomic mass is 32.1. The number of carbonyl (C=O) groups excluding carboxylic acids is 1. The number of amides is 1. The molecule has 0 saturated heterocycles. The number of hydrogen-bond acceptors (Lipinski definition) is 2. The molecule has 1 aromatic rings. The Kier molecular flexibility index (Phi) is 3.63. The maximum atomic E-state index is 10.9. The van der Waals surface area contributed by atoms with Crippen LogP contribution in [0.4, 0.5) is 10.5 Å². The van der Waals surface area contributed by atoms with Gasteiger partial charge >= 0.3 is 0 Å². The summed E-state index contributed by atoms with van der Waals surface area (Å²) in [5.41, 5.74) is 3.83. The molecule has 0 atom stereocenters. The minimum Gasteiger partial charge on any atom is -0.494 e. The molecule has 82 valence electrons. The molecule has 4 heteroatoms. The topological polar surface area (TPSA) is 38.3 Å². The number of nitrogens with one attached hydrogen (secondary N) is 1. The van der Waals surface area contributed by atoms with Gasteiger partial charge in [-0.25, -0.2) is 0 Å². The largest absolute Gasteiger partial charge is 0.494 e. The standard InChI is InChI=1S/C11H15NO2S/c1-6-5-7(2)9(12-11(13)15)10(14-4)8(6)3/h5H,1-4H3,(H2,12,13,15). The number of carbonyl (C=O) groups is 1. The average Bonchev–Trinajstić information content (AvgIpc) is 2.14. The van der Waals surface area contributed by atoms with Crippen LogP contribution in [0.5, 0.6) is 5.75 Å². The molecule has 0 bridgehead atoms. The Hall–Kier alpha value is -1.16. The second-order valence-corrected chi connectivity index (χ2v) is 3.88. The SMILES string of the molecule is COc1c(C)c(C)cc(C)c1NC(=O)S. The normalized spacial score (nSPS) is 9.93.